The van der Waals surface area contributed by atoms with Gasteiger partial charge in [-0.3, -0.25) is 4.79 Å². The number of anilines is 1. The van der Waals surface area contributed by atoms with Gasteiger partial charge in [-0.1, -0.05) is 19.9 Å². The SMILES string of the molecule is COC(=O)COc1ccc(NC(=O)c2cnn(-c3ccccn3)c2C(C)C)cc1. The van der Waals surface area contributed by atoms with Crippen LogP contribution in [0.3, 0.4) is 0 Å². The molecular formula is C21H22N4O4. The van der Waals surface area contributed by atoms with E-state index in [-0.39, 0.29) is 18.4 Å². The fourth-order valence-corrected chi connectivity index (χ4v) is 2.78. The number of aromatic nitrogens is 3. The average Bonchev–Trinajstić information content (AvgIpc) is 3.19. The Kier molecular flexibility index (Phi) is 6.23. The number of carbonyl (C=O) groups is 2. The molecule has 1 aromatic carbocycles. The number of carbonyl (C=O) groups excluding carboxylic acids is 2. The number of esters is 1. The fourth-order valence-electron chi connectivity index (χ4n) is 2.78. The third-order valence-electron chi connectivity index (χ3n) is 4.16. The summed E-state index contributed by atoms with van der Waals surface area (Å²) in [7, 11) is 1.30. The number of nitrogens with one attached hydrogen (secondary N) is 1. The van der Waals surface area contributed by atoms with Gasteiger partial charge in [0.1, 0.15) is 5.75 Å². The number of pyridine rings is 1. The minimum Gasteiger partial charge on any atom is -0.482 e. The van der Waals surface area contributed by atoms with E-state index in [1.54, 1.807) is 41.3 Å². The van der Waals surface area contributed by atoms with Crippen LogP contribution < -0.4 is 10.1 Å². The molecule has 0 bridgehead atoms. The molecule has 1 N–H and O–H groups in total. The van der Waals surface area contributed by atoms with Crippen LogP contribution in [0.5, 0.6) is 5.75 Å². The summed E-state index contributed by atoms with van der Waals surface area (Å²) in [6, 6.07) is 12.3. The summed E-state index contributed by atoms with van der Waals surface area (Å²) in [6.45, 7) is 3.83. The van der Waals surface area contributed by atoms with Gasteiger partial charge in [-0.2, -0.15) is 5.10 Å². The Morgan fingerprint density at radius 1 is 1.14 bits per heavy atom. The van der Waals surface area contributed by atoms with E-state index >= 15 is 0 Å². The molecule has 2 heterocycles. The number of benzene rings is 1. The predicted molar refractivity (Wildman–Crippen MR) is 107 cm³/mol. The number of amides is 1. The van der Waals surface area contributed by atoms with E-state index < -0.39 is 5.97 Å². The highest BCUT2D eigenvalue weighted by Crippen LogP contribution is 2.24. The number of rotatable bonds is 7. The molecule has 0 aliphatic carbocycles. The highest BCUT2D eigenvalue weighted by Gasteiger charge is 2.21. The van der Waals surface area contributed by atoms with E-state index in [2.05, 4.69) is 20.1 Å². The van der Waals surface area contributed by atoms with Crippen molar-refractivity contribution in [1.29, 1.82) is 0 Å². The summed E-state index contributed by atoms with van der Waals surface area (Å²) in [6.07, 6.45) is 3.23. The van der Waals surface area contributed by atoms with E-state index in [9.17, 15) is 9.59 Å². The summed E-state index contributed by atoms with van der Waals surface area (Å²) in [5, 5.41) is 7.22. The van der Waals surface area contributed by atoms with Gasteiger partial charge in [-0.15, -0.1) is 0 Å². The topological polar surface area (TPSA) is 95.3 Å². The normalized spacial score (nSPS) is 10.6. The molecule has 8 heteroatoms. The van der Waals surface area contributed by atoms with Crippen LogP contribution in [0.25, 0.3) is 5.82 Å². The molecule has 1 amide bonds. The highest BCUT2D eigenvalue weighted by molar-refractivity contribution is 6.05. The molecule has 29 heavy (non-hydrogen) atoms. The highest BCUT2D eigenvalue weighted by atomic mass is 16.6. The van der Waals surface area contributed by atoms with Crippen LogP contribution in [0.15, 0.2) is 54.9 Å². The van der Waals surface area contributed by atoms with Gasteiger partial charge in [-0.25, -0.2) is 14.5 Å². The van der Waals surface area contributed by atoms with Crippen molar-refractivity contribution >= 4 is 17.6 Å². The second kappa shape index (κ2) is 9.01. The Bertz CT molecular complexity index is 982. The van der Waals surface area contributed by atoms with Crippen LogP contribution >= 0.6 is 0 Å². The van der Waals surface area contributed by atoms with Crippen LogP contribution in [0.1, 0.15) is 35.8 Å². The third-order valence-corrected chi connectivity index (χ3v) is 4.16. The van der Waals surface area contributed by atoms with Crippen LogP contribution in [-0.2, 0) is 9.53 Å². The van der Waals surface area contributed by atoms with Crippen molar-refractivity contribution in [3.63, 3.8) is 0 Å². The lowest BCUT2D eigenvalue weighted by atomic mass is 10.1. The first-order valence-corrected chi connectivity index (χ1v) is 9.10. The minimum atomic E-state index is -0.464. The van der Waals surface area contributed by atoms with Gasteiger partial charge in [0.25, 0.3) is 5.91 Å². The van der Waals surface area contributed by atoms with Crippen molar-refractivity contribution < 1.29 is 19.1 Å². The van der Waals surface area contributed by atoms with E-state index in [0.717, 1.165) is 5.69 Å². The molecule has 0 aliphatic rings. The molecule has 3 rings (SSSR count). The van der Waals surface area contributed by atoms with E-state index in [0.29, 0.717) is 22.8 Å². The Morgan fingerprint density at radius 2 is 1.90 bits per heavy atom. The molecule has 0 aliphatic heterocycles. The molecule has 3 aromatic rings. The zero-order valence-corrected chi connectivity index (χ0v) is 16.5. The number of methoxy groups -OCH3 is 1. The maximum absolute atomic E-state index is 12.8. The van der Waals surface area contributed by atoms with Crippen LogP contribution in [0.4, 0.5) is 5.69 Å². The lowest BCUT2D eigenvalue weighted by Crippen LogP contribution is -2.16. The fraction of sp³-hybridized carbons (Fsp3) is 0.238. The van der Waals surface area contributed by atoms with Gasteiger partial charge >= 0.3 is 5.97 Å². The first-order valence-electron chi connectivity index (χ1n) is 9.10. The van der Waals surface area contributed by atoms with Gasteiger partial charge in [-0.05, 0) is 42.3 Å². The second-order valence-electron chi connectivity index (χ2n) is 6.54. The summed E-state index contributed by atoms with van der Waals surface area (Å²) in [5.74, 6) is 0.489. The smallest absolute Gasteiger partial charge is 0.343 e. The zero-order valence-electron chi connectivity index (χ0n) is 16.5. The maximum Gasteiger partial charge on any atom is 0.343 e. The van der Waals surface area contributed by atoms with Crippen molar-refractivity contribution in [3.05, 3.63) is 66.1 Å². The summed E-state index contributed by atoms with van der Waals surface area (Å²) in [5.41, 5.74) is 1.86. The molecular weight excluding hydrogens is 372 g/mol. The molecule has 0 saturated carbocycles. The summed E-state index contributed by atoms with van der Waals surface area (Å²) >= 11 is 0. The Labute approximate surface area is 168 Å². The first kappa shape index (κ1) is 20.1. The number of hydrogen-bond acceptors (Lipinski definition) is 6. The van der Waals surface area contributed by atoms with Crippen molar-refractivity contribution in [2.45, 2.75) is 19.8 Å². The van der Waals surface area contributed by atoms with Gasteiger partial charge in [0.2, 0.25) is 0 Å². The largest absolute Gasteiger partial charge is 0.482 e. The quantitative estimate of drug-likeness (QED) is 0.619. The molecule has 0 unspecified atom stereocenters. The monoisotopic (exact) mass is 394 g/mol. The van der Waals surface area contributed by atoms with E-state index in [1.807, 2.05) is 32.0 Å². The number of ether oxygens (including phenoxy) is 2. The van der Waals surface area contributed by atoms with Crippen molar-refractivity contribution in [3.8, 4) is 11.6 Å². The Balaban J connectivity index is 1.76. The van der Waals surface area contributed by atoms with Crippen LogP contribution in [0.2, 0.25) is 0 Å². The number of hydrogen-bond donors (Lipinski definition) is 1. The molecule has 0 saturated heterocycles. The molecule has 8 nitrogen and oxygen atoms in total. The first-order chi connectivity index (χ1) is 14.0. The molecule has 0 atom stereocenters. The predicted octanol–water partition coefficient (Wildman–Crippen LogP) is 3.19. The van der Waals surface area contributed by atoms with Gasteiger partial charge in [0.05, 0.1) is 24.6 Å². The standard InChI is InChI=1S/C21H22N4O4/c1-14(2)20-17(12-23-25(20)18-6-4-5-11-22-18)21(27)24-15-7-9-16(10-8-15)29-13-19(26)28-3/h4-12,14H,13H2,1-3H3,(H,24,27). The van der Waals surface area contributed by atoms with Crippen LogP contribution in [0, 0.1) is 0 Å². The lowest BCUT2D eigenvalue weighted by molar-refractivity contribution is -0.142. The minimum absolute atomic E-state index is 0.0642. The van der Waals surface area contributed by atoms with Crippen molar-refractivity contribution in [1.82, 2.24) is 14.8 Å². The zero-order chi connectivity index (χ0) is 20.8. The molecule has 0 spiro atoms. The Morgan fingerprint density at radius 3 is 2.52 bits per heavy atom. The maximum atomic E-state index is 12.8. The Hall–Kier alpha value is -3.68. The summed E-state index contributed by atoms with van der Waals surface area (Å²) in [4.78, 5) is 28.3. The van der Waals surface area contributed by atoms with E-state index in [1.165, 1.54) is 7.11 Å². The molecule has 0 radical (unpaired) electrons. The summed E-state index contributed by atoms with van der Waals surface area (Å²) < 4.78 is 11.5. The third kappa shape index (κ3) is 4.78. The van der Waals surface area contributed by atoms with Crippen molar-refractivity contribution in [2.24, 2.45) is 0 Å². The van der Waals surface area contributed by atoms with Gasteiger partial charge < -0.3 is 14.8 Å². The molecule has 2 aromatic heterocycles. The molecule has 0 fully saturated rings. The average molecular weight is 394 g/mol. The van der Waals surface area contributed by atoms with Crippen LogP contribution in [-0.4, -0.2) is 40.4 Å². The lowest BCUT2D eigenvalue weighted by Gasteiger charge is -2.12. The van der Waals surface area contributed by atoms with Gasteiger partial charge in [0.15, 0.2) is 12.4 Å². The van der Waals surface area contributed by atoms with Crippen molar-refractivity contribution in [2.75, 3.05) is 19.0 Å². The van der Waals surface area contributed by atoms with Gasteiger partial charge in [0, 0.05) is 11.9 Å². The van der Waals surface area contributed by atoms with E-state index in [4.69, 9.17) is 4.74 Å². The number of nitrogens with zero attached hydrogens (tertiary/aromatic N) is 3. The second-order valence-corrected chi connectivity index (χ2v) is 6.54. The molecule has 150 valence electrons.